The minimum Gasteiger partial charge on any atom is -0.393 e. The largest absolute Gasteiger partial charge is 0.393 e. The molecule has 0 aliphatic rings. The van der Waals surface area contributed by atoms with Crippen molar-refractivity contribution in [3.63, 3.8) is 0 Å². The van der Waals surface area contributed by atoms with Gasteiger partial charge in [0.15, 0.2) is 11.6 Å². The number of carbonyl (C=O) groups excluding carboxylic acids is 1. The van der Waals surface area contributed by atoms with E-state index in [-0.39, 0.29) is 17.4 Å². The number of halogens is 1. The van der Waals surface area contributed by atoms with Crippen LogP contribution in [0.15, 0.2) is 55.0 Å². The highest BCUT2D eigenvalue weighted by Crippen LogP contribution is 2.24. The molecule has 0 spiro atoms. The number of aromatic nitrogens is 3. The van der Waals surface area contributed by atoms with Crippen LogP contribution < -0.4 is 21.9 Å². The van der Waals surface area contributed by atoms with Crippen molar-refractivity contribution in [3.05, 3.63) is 65.6 Å². The van der Waals surface area contributed by atoms with Crippen LogP contribution in [0.4, 0.5) is 23.1 Å². The first-order valence-corrected chi connectivity index (χ1v) is 7.62. The van der Waals surface area contributed by atoms with Gasteiger partial charge in [-0.25, -0.2) is 15.0 Å². The molecular formula is C16H14ClN7O. The fourth-order valence-corrected chi connectivity index (χ4v) is 2.16. The van der Waals surface area contributed by atoms with Gasteiger partial charge in [-0.15, -0.1) is 0 Å². The third-order valence-corrected chi connectivity index (χ3v) is 3.41. The van der Waals surface area contributed by atoms with Gasteiger partial charge < -0.3 is 11.1 Å². The van der Waals surface area contributed by atoms with Crippen LogP contribution in [0.1, 0.15) is 10.4 Å². The van der Waals surface area contributed by atoms with Crippen LogP contribution in [-0.4, -0.2) is 20.9 Å². The molecule has 1 aromatic carbocycles. The molecule has 0 bridgehead atoms. The highest BCUT2D eigenvalue weighted by molar-refractivity contribution is 6.30. The van der Waals surface area contributed by atoms with E-state index in [0.29, 0.717) is 22.2 Å². The Morgan fingerprint density at radius 1 is 1.04 bits per heavy atom. The molecule has 0 saturated heterocycles. The number of pyridine rings is 1. The van der Waals surface area contributed by atoms with Crippen molar-refractivity contribution < 1.29 is 4.79 Å². The summed E-state index contributed by atoms with van der Waals surface area (Å²) in [5.74, 6) is 0.832. The van der Waals surface area contributed by atoms with Crippen LogP contribution in [0, 0.1) is 0 Å². The molecule has 126 valence electrons. The van der Waals surface area contributed by atoms with E-state index in [2.05, 4.69) is 31.1 Å². The second-order valence-corrected chi connectivity index (χ2v) is 5.35. The summed E-state index contributed by atoms with van der Waals surface area (Å²) in [5, 5.41) is 3.45. The predicted octanol–water partition coefficient (Wildman–Crippen LogP) is 2.61. The molecule has 25 heavy (non-hydrogen) atoms. The predicted molar refractivity (Wildman–Crippen MR) is 96.5 cm³/mol. The average Bonchev–Trinajstić information content (AvgIpc) is 2.63. The monoisotopic (exact) mass is 355 g/mol. The maximum atomic E-state index is 12.1. The second kappa shape index (κ2) is 7.45. The second-order valence-electron chi connectivity index (χ2n) is 4.91. The molecule has 3 aromatic rings. The van der Waals surface area contributed by atoms with Crippen molar-refractivity contribution in [2.45, 2.75) is 0 Å². The number of hydrazine groups is 1. The maximum Gasteiger partial charge on any atom is 0.269 e. The van der Waals surface area contributed by atoms with Crippen LogP contribution in [0.25, 0.3) is 0 Å². The van der Waals surface area contributed by atoms with E-state index >= 15 is 0 Å². The van der Waals surface area contributed by atoms with E-state index in [4.69, 9.17) is 17.3 Å². The fourth-order valence-electron chi connectivity index (χ4n) is 1.97. The van der Waals surface area contributed by atoms with E-state index in [9.17, 15) is 4.79 Å². The van der Waals surface area contributed by atoms with Gasteiger partial charge in [0.05, 0.1) is 0 Å². The number of amides is 1. The summed E-state index contributed by atoms with van der Waals surface area (Å²) in [5.41, 5.74) is 11.9. The van der Waals surface area contributed by atoms with Gasteiger partial charge in [-0.05, 0) is 30.3 Å². The molecule has 9 heteroatoms. The molecule has 0 aliphatic carbocycles. The number of benzene rings is 1. The van der Waals surface area contributed by atoms with Gasteiger partial charge in [0.2, 0.25) is 0 Å². The first-order valence-electron chi connectivity index (χ1n) is 7.24. The Balaban J connectivity index is 1.71. The van der Waals surface area contributed by atoms with Crippen LogP contribution in [0.3, 0.4) is 0 Å². The average molecular weight is 356 g/mol. The van der Waals surface area contributed by atoms with Gasteiger partial charge in [0, 0.05) is 16.8 Å². The van der Waals surface area contributed by atoms with Crippen molar-refractivity contribution in [2.75, 3.05) is 16.5 Å². The van der Waals surface area contributed by atoms with Crippen molar-refractivity contribution in [1.82, 2.24) is 20.4 Å². The third kappa shape index (κ3) is 4.12. The number of nitrogen functional groups attached to an aromatic ring is 1. The van der Waals surface area contributed by atoms with Crippen molar-refractivity contribution in [1.29, 1.82) is 0 Å². The zero-order chi connectivity index (χ0) is 17.6. The Morgan fingerprint density at radius 2 is 1.88 bits per heavy atom. The third-order valence-electron chi connectivity index (χ3n) is 3.18. The lowest BCUT2D eigenvalue weighted by molar-refractivity contribution is 0.0962. The number of nitrogens with two attached hydrogens (primary N) is 1. The molecular weight excluding hydrogens is 342 g/mol. The van der Waals surface area contributed by atoms with Crippen LogP contribution in [0.2, 0.25) is 5.02 Å². The molecule has 0 unspecified atom stereocenters. The standard InChI is InChI=1S/C16H14ClN7O/c17-11-5-3-4-10(8-11)16(25)24-23-15-13(18)14(20-9-21-15)22-12-6-1-2-7-19-12/h1-9H,18H2,(H,24,25)(H2,19,20,21,22,23). The molecule has 0 saturated carbocycles. The summed E-state index contributed by atoms with van der Waals surface area (Å²) in [6.07, 6.45) is 2.96. The minimum atomic E-state index is -0.375. The first-order chi connectivity index (χ1) is 12.1. The molecule has 0 atom stereocenters. The van der Waals surface area contributed by atoms with E-state index in [1.807, 2.05) is 6.07 Å². The molecule has 0 radical (unpaired) electrons. The van der Waals surface area contributed by atoms with Crippen molar-refractivity contribution in [3.8, 4) is 0 Å². The normalized spacial score (nSPS) is 10.1. The number of nitrogens with zero attached hydrogens (tertiary/aromatic N) is 3. The van der Waals surface area contributed by atoms with Gasteiger partial charge in [-0.1, -0.05) is 23.7 Å². The van der Waals surface area contributed by atoms with Gasteiger partial charge in [-0.2, -0.15) is 0 Å². The van der Waals surface area contributed by atoms with Gasteiger partial charge in [-0.3, -0.25) is 15.6 Å². The summed E-state index contributed by atoms with van der Waals surface area (Å²) in [4.78, 5) is 24.3. The zero-order valence-electron chi connectivity index (χ0n) is 12.9. The quantitative estimate of drug-likeness (QED) is 0.519. The minimum absolute atomic E-state index is 0.236. The fraction of sp³-hybridized carbons (Fsp3) is 0. The molecule has 0 fully saturated rings. The lowest BCUT2D eigenvalue weighted by Gasteiger charge is -2.12. The Bertz CT molecular complexity index is 889. The lowest BCUT2D eigenvalue weighted by atomic mass is 10.2. The van der Waals surface area contributed by atoms with Crippen molar-refractivity contribution in [2.24, 2.45) is 0 Å². The highest BCUT2D eigenvalue weighted by Gasteiger charge is 2.11. The summed E-state index contributed by atoms with van der Waals surface area (Å²) in [7, 11) is 0. The molecule has 2 heterocycles. The lowest BCUT2D eigenvalue weighted by Crippen LogP contribution is -2.30. The van der Waals surface area contributed by atoms with E-state index < -0.39 is 0 Å². The summed E-state index contributed by atoms with van der Waals surface area (Å²) in [6.45, 7) is 0. The smallest absolute Gasteiger partial charge is 0.269 e. The summed E-state index contributed by atoms with van der Waals surface area (Å²) >= 11 is 5.87. The maximum absolute atomic E-state index is 12.1. The van der Waals surface area contributed by atoms with Gasteiger partial charge in [0.25, 0.3) is 5.91 Å². The molecule has 5 N–H and O–H groups in total. The van der Waals surface area contributed by atoms with E-state index in [1.54, 1.807) is 42.6 Å². The molecule has 2 aromatic heterocycles. The zero-order valence-corrected chi connectivity index (χ0v) is 13.7. The SMILES string of the molecule is Nc1c(NNC(=O)c2cccc(Cl)c2)ncnc1Nc1ccccn1. The highest BCUT2D eigenvalue weighted by atomic mass is 35.5. The molecule has 1 amide bonds. The Morgan fingerprint density at radius 3 is 2.64 bits per heavy atom. The molecule has 8 nitrogen and oxygen atoms in total. The van der Waals surface area contributed by atoms with E-state index in [0.717, 1.165) is 0 Å². The number of hydrogen-bond donors (Lipinski definition) is 4. The number of carbonyl (C=O) groups is 1. The topological polar surface area (TPSA) is 118 Å². The summed E-state index contributed by atoms with van der Waals surface area (Å²) in [6, 6.07) is 12.0. The number of anilines is 4. The molecule has 0 aliphatic heterocycles. The number of rotatable bonds is 5. The van der Waals surface area contributed by atoms with Crippen LogP contribution in [-0.2, 0) is 0 Å². The van der Waals surface area contributed by atoms with Crippen molar-refractivity contribution >= 4 is 40.6 Å². The first kappa shape index (κ1) is 16.5. The summed E-state index contributed by atoms with van der Waals surface area (Å²) < 4.78 is 0. The van der Waals surface area contributed by atoms with Crippen LogP contribution >= 0.6 is 11.6 Å². The van der Waals surface area contributed by atoms with Gasteiger partial charge in [0.1, 0.15) is 17.8 Å². The Kier molecular flexibility index (Phi) is 4.91. The van der Waals surface area contributed by atoms with E-state index in [1.165, 1.54) is 6.33 Å². The Hall–Kier alpha value is -3.39. The van der Waals surface area contributed by atoms with Gasteiger partial charge >= 0.3 is 0 Å². The van der Waals surface area contributed by atoms with Crippen LogP contribution in [0.5, 0.6) is 0 Å². The molecule has 3 rings (SSSR count). The number of nitrogens with one attached hydrogen (secondary N) is 3. The number of hydrogen-bond acceptors (Lipinski definition) is 7. The Labute approximate surface area is 148 Å².